The molecule has 0 atom stereocenters. The van der Waals surface area contributed by atoms with Crippen LogP contribution in [-0.4, -0.2) is 42.1 Å². The number of anilines is 2. The van der Waals surface area contributed by atoms with Gasteiger partial charge in [-0.25, -0.2) is 0 Å². The first-order valence-electron chi connectivity index (χ1n) is 6.88. The van der Waals surface area contributed by atoms with Crippen LogP contribution in [0.5, 0.6) is 5.75 Å². The smallest absolute Gasteiger partial charge is 0.197 e. The van der Waals surface area contributed by atoms with E-state index in [0.717, 1.165) is 11.5 Å². The summed E-state index contributed by atoms with van der Waals surface area (Å²) in [4.78, 5) is 2.34. The normalized spacial score (nSPS) is 17.9. The number of likely N-dealkylation sites (N-methyl/N-ethyl adjacent to an activating group) is 1. The number of nitrogens with two attached hydrogens (primary N) is 1. The highest BCUT2D eigenvalue weighted by Crippen LogP contribution is 2.38. The maximum atomic E-state index is 5.83. The van der Waals surface area contributed by atoms with Crippen LogP contribution in [0.25, 0.3) is 0 Å². The Morgan fingerprint density at radius 1 is 1.42 bits per heavy atom. The van der Waals surface area contributed by atoms with Crippen LogP contribution in [0.4, 0.5) is 10.8 Å². The van der Waals surface area contributed by atoms with E-state index in [9.17, 15) is 0 Å². The summed E-state index contributed by atoms with van der Waals surface area (Å²) in [5.74, 6) is 1.19. The molecule has 0 amide bonds. The molecule has 6 heteroatoms. The largest absolute Gasteiger partial charge is 0.487 e. The summed E-state index contributed by atoms with van der Waals surface area (Å²) in [5, 5.41) is 4.44. The van der Waals surface area contributed by atoms with Crippen LogP contribution in [0.1, 0.15) is 32.6 Å². The van der Waals surface area contributed by atoms with Crippen LogP contribution < -0.4 is 15.8 Å². The van der Waals surface area contributed by atoms with Gasteiger partial charge in [0.1, 0.15) is 0 Å². The Balaban J connectivity index is 2.05. The van der Waals surface area contributed by atoms with Crippen molar-refractivity contribution in [2.75, 3.05) is 38.3 Å². The zero-order valence-electron chi connectivity index (χ0n) is 12.0. The summed E-state index contributed by atoms with van der Waals surface area (Å²) in [6.07, 6.45) is 5.10. The van der Waals surface area contributed by atoms with Crippen molar-refractivity contribution in [1.29, 1.82) is 0 Å². The molecule has 1 aromatic heterocycles. The number of hydrogen-bond acceptors (Lipinski definition) is 6. The second kappa shape index (κ2) is 5.96. The molecule has 0 radical (unpaired) electrons. The first-order valence-corrected chi connectivity index (χ1v) is 7.65. The molecule has 0 bridgehead atoms. The maximum Gasteiger partial charge on any atom is 0.197 e. The Morgan fingerprint density at radius 2 is 2.11 bits per heavy atom. The van der Waals surface area contributed by atoms with Crippen LogP contribution in [0, 0.1) is 0 Å². The molecule has 0 spiro atoms. The third kappa shape index (κ3) is 2.95. The van der Waals surface area contributed by atoms with Gasteiger partial charge in [-0.3, -0.25) is 0 Å². The molecule has 1 aliphatic rings. The van der Waals surface area contributed by atoms with E-state index in [-0.39, 0.29) is 5.54 Å². The lowest BCUT2D eigenvalue weighted by atomic mass is 9.96. The predicted molar refractivity (Wildman–Crippen MR) is 81.1 cm³/mol. The van der Waals surface area contributed by atoms with Gasteiger partial charge in [0.2, 0.25) is 0 Å². The van der Waals surface area contributed by atoms with Gasteiger partial charge in [-0.05, 0) is 45.4 Å². The van der Waals surface area contributed by atoms with Gasteiger partial charge in [0.25, 0.3) is 0 Å². The quantitative estimate of drug-likeness (QED) is 0.840. The highest BCUT2D eigenvalue weighted by molar-refractivity contribution is 7.11. The summed E-state index contributed by atoms with van der Waals surface area (Å²) < 4.78 is 9.73. The molecular weight excluding hydrogens is 260 g/mol. The molecule has 3 N–H and O–H groups in total. The van der Waals surface area contributed by atoms with Gasteiger partial charge in [-0.15, -0.1) is 0 Å². The Bertz CT molecular complexity index is 413. The molecule has 1 aromatic rings. The molecule has 5 nitrogen and oxygen atoms in total. The predicted octanol–water partition coefficient (Wildman–Crippen LogP) is 2.41. The Morgan fingerprint density at radius 3 is 2.68 bits per heavy atom. The average molecular weight is 284 g/mol. The van der Waals surface area contributed by atoms with Crippen molar-refractivity contribution in [2.24, 2.45) is 0 Å². The fourth-order valence-corrected chi connectivity index (χ4v) is 3.41. The third-order valence-corrected chi connectivity index (χ3v) is 4.82. The van der Waals surface area contributed by atoms with Crippen molar-refractivity contribution in [2.45, 2.75) is 38.1 Å². The maximum absolute atomic E-state index is 5.83. The number of hydrogen-bond donors (Lipinski definition) is 2. The Kier molecular flexibility index (Phi) is 4.52. The van der Waals surface area contributed by atoms with Crippen LogP contribution in [0.2, 0.25) is 0 Å². The van der Waals surface area contributed by atoms with Gasteiger partial charge in [0.05, 0.1) is 6.61 Å². The summed E-state index contributed by atoms with van der Waals surface area (Å²) in [7, 11) is 4.33. The van der Waals surface area contributed by atoms with Gasteiger partial charge in [-0.2, -0.15) is 4.37 Å². The topological polar surface area (TPSA) is 63.4 Å². The fourth-order valence-electron chi connectivity index (χ4n) is 2.75. The van der Waals surface area contributed by atoms with Gasteiger partial charge >= 0.3 is 0 Å². The minimum atomic E-state index is 0.252. The minimum Gasteiger partial charge on any atom is -0.487 e. The number of nitrogens with one attached hydrogen (secondary N) is 1. The zero-order chi connectivity index (χ0) is 13.9. The number of rotatable bonds is 6. The van der Waals surface area contributed by atoms with E-state index < -0.39 is 0 Å². The molecule has 0 unspecified atom stereocenters. The molecule has 0 aromatic carbocycles. The molecule has 1 heterocycles. The number of nitrogen functional groups attached to an aromatic ring is 1. The van der Waals surface area contributed by atoms with Crippen LogP contribution in [0.15, 0.2) is 0 Å². The first-order chi connectivity index (χ1) is 9.09. The monoisotopic (exact) mass is 284 g/mol. The van der Waals surface area contributed by atoms with Crippen molar-refractivity contribution in [3.8, 4) is 5.75 Å². The number of ether oxygens (including phenoxy) is 1. The molecule has 0 aliphatic heterocycles. The molecule has 2 rings (SSSR count). The van der Waals surface area contributed by atoms with E-state index in [2.05, 4.69) is 28.7 Å². The molecule has 0 saturated heterocycles. The van der Waals surface area contributed by atoms with Gasteiger partial charge in [0.15, 0.2) is 16.6 Å². The highest BCUT2D eigenvalue weighted by Gasteiger charge is 2.36. The Labute approximate surface area is 119 Å². The van der Waals surface area contributed by atoms with E-state index in [1.54, 1.807) is 0 Å². The lowest BCUT2D eigenvalue weighted by Gasteiger charge is -2.36. The Hall–Kier alpha value is -1.01. The highest BCUT2D eigenvalue weighted by atomic mass is 32.1. The SMILES string of the molecule is CCOc1c(N)nsc1NCC1(N(C)C)CCCC1. The van der Waals surface area contributed by atoms with Gasteiger partial charge < -0.3 is 20.7 Å². The molecule has 1 aliphatic carbocycles. The molecule has 108 valence electrons. The van der Waals surface area contributed by atoms with Gasteiger partial charge in [0, 0.05) is 12.1 Å². The van der Waals surface area contributed by atoms with Crippen LogP contribution in [0.3, 0.4) is 0 Å². The fraction of sp³-hybridized carbons (Fsp3) is 0.769. The van der Waals surface area contributed by atoms with Crippen molar-refractivity contribution in [1.82, 2.24) is 9.27 Å². The molecule has 19 heavy (non-hydrogen) atoms. The van der Waals surface area contributed by atoms with Crippen LogP contribution in [-0.2, 0) is 0 Å². The van der Waals surface area contributed by atoms with E-state index in [1.165, 1.54) is 37.2 Å². The van der Waals surface area contributed by atoms with Crippen molar-refractivity contribution in [3.63, 3.8) is 0 Å². The second-order valence-corrected chi connectivity index (χ2v) is 6.11. The number of nitrogens with zero attached hydrogens (tertiary/aromatic N) is 2. The standard InChI is InChI=1S/C13H24N4OS/c1-4-18-10-11(14)16-19-12(10)15-9-13(17(2)3)7-5-6-8-13/h15H,4-9H2,1-3H3,(H2,14,16). The third-order valence-electron chi connectivity index (χ3n) is 4.02. The summed E-state index contributed by atoms with van der Waals surface area (Å²) >= 11 is 1.38. The molecule has 1 fully saturated rings. The lowest BCUT2D eigenvalue weighted by Crippen LogP contribution is -2.47. The van der Waals surface area contributed by atoms with E-state index in [4.69, 9.17) is 10.5 Å². The first kappa shape index (κ1) is 14.4. The summed E-state index contributed by atoms with van der Waals surface area (Å²) in [6.45, 7) is 3.48. The summed E-state index contributed by atoms with van der Waals surface area (Å²) in [6, 6.07) is 0. The molecule has 1 saturated carbocycles. The van der Waals surface area contributed by atoms with Crippen molar-refractivity contribution >= 4 is 22.4 Å². The zero-order valence-corrected chi connectivity index (χ0v) is 12.8. The van der Waals surface area contributed by atoms with Gasteiger partial charge in [-0.1, -0.05) is 12.8 Å². The van der Waals surface area contributed by atoms with E-state index >= 15 is 0 Å². The van der Waals surface area contributed by atoms with Crippen molar-refractivity contribution < 1.29 is 4.74 Å². The molecular formula is C13H24N4OS. The lowest BCUT2D eigenvalue weighted by molar-refractivity contribution is 0.172. The number of aromatic nitrogens is 1. The minimum absolute atomic E-state index is 0.252. The summed E-state index contributed by atoms with van der Waals surface area (Å²) in [5.41, 5.74) is 6.08. The van der Waals surface area contributed by atoms with E-state index in [0.29, 0.717) is 18.2 Å². The average Bonchev–Trinajstić information content (AvgIpc) is 2.97. The van der Waals surface area contributed by atoms with Crippen LogP contribution >= 0.6 is 11.5 Å². The van der Waals surface area contributed by atoms with E-state index in [1.807, 2.05) is 6.92 Å². The second-order valence-electron chi connectivity index (χ2n) is 5.34. The van der Waals surface area contributed by atoms with Crippen molar-refractivity contribution in [3.05, 3.63) is 0 Å².